The summed E-state index contributed by atoms with van der Waals surface area (Å²) in [6.07, 6.45) is 3.38. The van der Waals surface area contributed by atoms with Crippen LogP contribution in [-0.4, -0.2) is 35.0 Å². The van der Waals surface area contributed by atoms with Crippen LogP contribution in [0.5, 0.6) is 0 Å². The normalized spacial score (nSPS) is 14.8. The van der Waals surface area contributed by atoms with Gasteiger partial charge in [0.05, 0.1) is 5.39 Å². The molecule has 4 heterocycles. The van der Waals surface area contributed by atoms with E-state index in [2.05, 4.69) is 56.8 Å². The second-order valence-corrected chi connectivity index (χ2v) is 8.90. The molecule has 31 heavy (non-hydrogen) atoms. The van der Waals surface area contributed by atoms with Gasteiger partial charge in [0.1, 0.15) is 22.7 Å². The lowest BCUT2D eigenvalue weighted by atomic mass is 10.0. The lowest BCUT2D eigenvalue weighted by Gasteiger charge is -2.33. The Bertz CT molecular complexity index is 1220. The molecule has 1 saturated heterocycles. The number of anilines is 1. The molecule has 0 unspecified atom stereocenters. The second-order valence-electron chi connectivity index (χ2n) is 8.04. The van der Waals surface area contributed by atoms with Gasteiger partial charge in [-0.1, -0.05) is 29.8 Å². The Hall–Kier alpha value is -3.19. The number of fused-ring (bicyclic) bond motifs is 1. The van der Waals surface area contributed by atoms with E-state index in [1.807, 2.05) is 13.0 Å². The number of piperidine rings is 1. The van der Waals surface area contributed by atoms with Gasteiger partial charge in [-0.3, -0.25) is 4.79 Å². The van der Waals surface area contributed by atoms with Crippen molar-refractivity contribution in [2.24, 2.45) is 0 Å². The molecule has 0 radical (unpaired) electrons. The molecule has 0 spiro atoms. The molecule has 6 nitrogen and oxygen atoms in total. The summed E-state index contributed by atoms with van der Waals surface area (Å²) in [6.45, 7) is 5.60. The van der Waals surface area contributed by atoms with Gasteiger partial charge in [-0.2, -0.15) is 0 Å². The van der Waals surface area contributed by atoms with E-state index in [0.29, 0.717) is 5.76 Å². The van der Waals surface area contributed by atoms with Crippen LogP contribution in [0.3, 0.4) is 0 Å². The summed E-state index contributed by atoms with van der Waals surface area (Å²) in [6, 6.07) is 12.3. The number of hydrogen-bond donors (Lipinski definition) is 1. The van der Waals surface area contributed by atoms with Crippen molar-refractivity contribution in [1.29, 1.82) is 0 Å². The number of nitrogens with one attached hydrogen (secondary N) is 1. The van der Waals surface area contributed by atoms with Crippen LogP contribution in [0, 0.1) is 13.8 Å². The molecule has 1 aromatic carbocycles. The summed E-state index contributed by atoms with van der Waals surface area (Å²) in [4.78, 5) is 24.9. The molecule has 7 heteroatoms. The maximum Gasteiger partial charge on any atom is 0.287 e. The first-order chi connectivity index (χ1) is 15.1. The largest absolute Gasteiger partial charge is 0.456 e. The van der Waals surface area contributed by atoms with Crippen LogP contribution in [0.25, 0.3) is 21.3 Å². The quantitative estimate of drug-likeness (QED) is 0.493. The number of aromatic nitrogens is 2. The van der Waals surface area contributed by atoms with Crippen LogP contribution in [0.15, 0.2) is 52.5 Å². The van der Waals surface area contributed by atoms with Crippen LogP contribution in [0.2, 0.25) is 0 Å². The van der Waals surface area contributed by atoms with E-state index in [0.717, 1.165) is 47.7 Å². The van der Waals surface area contributed by atoms with E-state index in [1.165, 1.54) is 16.7 Å². The van der Waals surface area contributed by atoms with Gasteiger partial charge in [0.15, 0.2) is 5.76 Å². The van der Waals surface area contributed by atoms with Gasteiger partial charge in [0.2, 0.25) is 0 Å². The highest BCUT2D eigenvalue weighted by Crippen LogP contribution is 2.38. The molecule has 1 N–H and O–H groups in total. The van der Waals surface area contributed by atoms with Gasteiger partial charge in [-0.05, 0) is 44.4 Å². The van der Waals surface area contributed by atoms with Crippen molar-refractivity contribution < 1.29 is 9.21 Å². The van der Waals surface area contributed by atoms with E-state index >= 15 is 0 Å². The maximum absolute atomic E-state index is 12.4. The Morgan fingerprint density at radius 1 is 1.10 bits per heavy atom. The number of hydrogen-bond acceptors (Lipinski definition) is 6. The van der Waals surface area contributed by atoms with E-state index in [4.69, 9.17) is 4.42 Å². The van der Waals surface area contributed by atoms with Crippen LogP contribution >= 0.6 is 11.3 Å². The fraction of sp³-hybridized carbons (Fsp3) is 0.292. The van der Waals surface area contributed by atoms with Gasteiger partial charge in [0.25, 0.3) is 5.91 Å². The number of carbonyl (C=O) groups is 1. The second kappa shape index (κ2) is 8.15. The van der Waals surface area contributed by atoms with Crippen LogP contribution in [0.1, 0.15) is 34.7 Å². The summed E-state index contributed by atoms with van der Waals surface area (Å²) in [5.74, 6) is 1.95. The number of rotatable bonds is 4. The zero-order valence-electron chi connectivity index (χ0n) is 17.6. The zero-order valence-corrected chi connectivity index (χ0v) is 18.4. The maximum atomic E-state index is 12.4. The first-order valence-corrected chi connectivity index (χ1v) is 11.4. The number of furan rings is 1. The highest BCUT2D eigenvalue weighted by atomic mass is 32.1. The molecule has 0 atom stereocenters. The Morgan fingerprint density at radius 3 is 2.58 bits per heavy atom. The van der Waals surface area contributed by atoms with Crippen molar-refractivity contribution in [3.05, 3.63) is 65.2 Å². The molecule has 0 saturated carbocycles. The minimum Gasteiger partial charge on any atom is -0.456 e. The lowest BCUT2D eigenvalue weighted by molar-refractivity contribution is 0.0901. The smallest absolute Gasteiger partial charge is 0.287 e. The monoisotopic (exact) mass is 432 g/mol. The molecular weight excluding hydrogens is 408 g/mol. The van der Waals surface area contributed by atoms with E-state index in [-0.39, 0.29) is 11.9 Å². The third-order valence-electron chi connectivity index (χ3n) is 5.81. The third kappa shape index (κ3) is 3.93. The van der Waals surface area contributed by atoms with Crippen molar-refractivity contribution in [2.75, 3.05) is 18.0 Å². The Morgan fingerprint density at radius 2 is 1.87 bits per heavy atom. The van der Waals surface area contributed by atoms with Crippen LogP contribution < -0.4 is 10.2 Å². The third-order valence-corrected chi connectivity index (χ3v) is 6.69. The fourth-order valence-corrected chi connectivity index (χ4v) is 5.00. The molecule has 0 bridgehead atoms. The molecule has 1 amide bonds. The van der Waals surface area contributed by atoms with Crippen molar-refractivity contribution >= 4 is 33.3 Å². The van der Waals surface area contributed by atoms with Crippen molar-refractivity contribution in [3.8, 4) is 11.1 Å². The predicted octanol–water partition coefficient (Wildman–Crippen LogP) is 4.97. The molecule has 3 aromatic heterocycles. The van der Waals surface area contributed by atoms with Gasteiger partial charge in [-0.25, -0.2) is 9.97 Å². The van der Waals surface area contributed by atoms with Gasteiger partial charge in [-0.15, -0.1) is 11.3 Å². The lowest BCUT2D eigenvalue weighted by Crippen LogP contribution is -2.45. The summed E-state index contributed by atoms with van der Waals surface area (Å²) >= 11 is 1.65. The van der Waals surface area contributed by atoms with Crippen molar-refractivity contribution in [2.45, 2.75) is 32.7 Å². The van der Waals surface area contributed by atoms with E-state index in [1.54, 1.807) is 23.7 Å². The summed E-state index contributed by atoms with van der Waals surface area (Å²) in [7, 11) is 0. The van der Waals surface area contributed by atoms with Crippen LogP contribution in [0.4, 0.5) is 5.82 Å². The highest BCUT2D eigenvalue weighted by Gasteiger charge is 2.25. The number of aryl methyl sites for hydroxylation is 2. The van der Waals surface area contributed by atoms with E-state index in [9.17, 15) is 4.79 Å². The fourth-order valence-electron chi connectivity index (χ4n) is 4.09. The number of amides is 1. The molecular formula is C24H24N4O2S. The Balaban J connectivity index is 1.34. The Kier molecular flexibility index (Phi) is 5.19. The molecule has 1 aliphatic rings. The van der Waals surface area contributed by atoms with Gasteiger partial charge >= 0.3 is 0 Å². The van der Waals surface area contributed by atoms with Crippen LogP contribution in [-0.2, 0) is 0 Å². The molecule has 158 valence electrons. The standard InChI is InChI=1S/C24H24N4O2S/c1-15-3-6-17(7-4-15)19-13-31-24-21(19)22(25-14-26-24)28-11-9-18(10-12-28)27-23(29)20-8-5-16(2)30-20/h3-8,13-14,18H,9-12H2,1-2H3,(H,27,29). The van der Waals surface area contributed by atoms with Gasteiger partial charge < -0.3 is 14.6 Å². The molecule has 1 aliphatic heterocycles. The minimum absolute atomic E-state index is 0.130. The number of carbonyl (C=O) groups excluding carboxylic acids is 1. The topological polar surface area (TPSA) is 71.3 Å². The average Bonchev–Trinajstić information content (AvgIpc) is 3.41. The van der Waals surface area contributed by atoms with Crippen molar-refractivity contribution in [1.82, 2.24) is 15.3 Å². The summed E-state index contributed by atoms with van der Waals surface area (Å²) < 4.78 is 5.44. The van der Waals surface area contributed by atoms with Crippen molar-refractivity contribution in [3.63, 3.8) is 0 Å². The number of thiophene rings is 1. The predicted molar refractivity (Wildman–Crippen MR) is 124 cm³/mol. The molecule has 4 aromatic rings. The zero-order chi connectivity index (χ0) is 21.4. The average molecular weight is 433 g/mol. The summed E-state index contributed by atoms with van der Waals surface area (Å²) in [5, 5.41) is 6.39. The molecule has 5 rings (SSSR count). The van der Waals surface area contributed by atoms with E-state index < -0.39 is 0 Å². The van der Waals surface area contributed by atoms with Gasteiger partial charge in [0, 0.05) is 30.1 Å². The Labute approximate surface area is 184 Å². The first-order valence-electron chi connectivity index (χ1n) is 10.5. The first kappa shape index (κ1) is 19.8. The molecule has 1 fully saturated rings. The number of nitrogens with zero attached hydrogens (tertiary/aromatic N) is 3. The summed E-state index contributed by atoms with van der Waals surface area (Å²) in [5.41, 5.74) is 3.61. The highest BCUT2D eigenvalue weighted by molar-refractivity contribution is 7.17. The minimum atomic E-state index is -0.143. The SMILES string of the molecule is Cc1ccc(-c2csc3ncnc(N4CCC(NC(=O)c5ccc(C)o5)CC4)c23)cc1. The molecule has 0 aliphatic carbocycles. The number of benzene rings is 1.